The maximum Gasteiger partial charge on any atom is 0.341 e. The molecule has 0 fully saturated rings. The lowest BCUT2D eigenvalue weighted by atomic mass is 10.1. The van der Waals surface area contributed by atoms with Crippen LogP contribution in [0.1, 0.15) is 22.8 Å². The lowest BCUT2D eigenvalue weighted by Gasteiger charge is -2.10. The summed E-state index contributed by atoms with van der Waals surface area (Å²) in [5.74, 6) is -0.514. The average molecular weight is 251 g/mol. The molecule has 6 heteroatoms. The molecule has 18 heavy (non-hydrogen) atoms. The van der Waals surface area contributed by atoms with Crippen LogP contribution in [-0.2, 0) is 16.0 Å². The Morgan fingerprint density at radius 2 is 2.22 bits per heavy atom. The summed E-state index contributed by atoms with van der Waals surface area (Å²) in [6, 6.07) is 3.09. The first kappa shape index (κ1) is 12.4. The number of benzene rings is 1. The largest absolute Gasteiger partial charge is 0.465 e. The van der Waals surface area contributed by atoms with Crippen molar-refractivity contribution in [3.63, 3.8) is 0 Å². The number of ether oxygens (including phenoxy) is 2. The number of fused-ring (bicyclic) bond motifs is 1. The molecule has 0 spiro atoms. The first-order valence-electron chi connectivity index (χ1n) is 5.39. The fraction of sp³-hybridized carbons (Fsp3) is 0.333. The van der Waals surface area contributed by atoms with Crippen LogP contribution >= 0.6 is 0 Å². The molecule has 2 N–H and O–H groups in total. The SMILES string of the molecule is COC(=O)c1ccc(NC(C)=O)c2c1OC(O)C2. The smallest absolute Gasteiger partial charge is 0.341 e. The van der Waals surface area contributed by atoms with Crippen LogP contribution in [0.3, 0.4) is 0 Å². The van der Waals surface area contributed by atoms with Crippen LogP contribution in [0.25, 0.3) is 0 Å². The molecule has 1 amide bonds. The minimum Gasteiger partial charge on any atom is -0.465 e. The average Bonchev–Trinajstić information content (AvgIpc) is 2.69. The molecule has 1 heterocycles. The molecule has 0 saturated heterocycles. The zero-order chi connectivity index (χ0) is 13.3. The van der Waals surface area contributed by atoms with Gasteiger partial charge in [-0.15, -0.1) is 0 Å². The number of anilines is 1. The van der Waals surface area contributed by atoms with Crippen molar-refractivity contribution >= 4 is 17.6 Å². The van der Waals surface area contributed by atoms with E-state index in [2.05, 4.69) is 10.1 Å². The lowest BCUT2D eigenvalue weighted by Crippen LogP contribution is -2.11. The highest BCUT2D eigenvalue weighted by molar-refractivity contribution is 5.96. The van der Waals surface area contributed by atoms with Gasteiger partial charge in [-0.3, -0.25) is 4.79 Å². The Hall–Kier alpha value is -2.08. The highest BCUT2D eigenvalue weighted by atomic mass is 16.6. The second-order valence-corrected chi connectivity index (χ2v) is 3.92. The van der Waals surface area contributed by atoms with Crippen LogP contribution < -0.4 is 10.1 Å². The van der Waals surface area contributed by atoms with E-state index in [0.717, 1.165) is 0 Å². The number of methoxy groups -OCH3 is 1. The maximum absolute atomic E-state index is 11.5. The number of carbonyl (C=O) groups excluding carboxylic acids is 2. The quantitative estimate of drug-likeness (QED) is 0.755. The summed E-state index contributed by atoms with van der Waals surface area (Å²) in [4.78, 5) is 22.6. The molecule has 1 aromatic carbocycles. The molecule has 1 aliphatic heterocycles. The first-order valence-corrected chi connectivity index (χ1v) is 5.39. The molecular weight excluding hydrogens is 238 g/mol. The van der Waals surface area contributed by atoms with Gasteiger partial charge in [-0.2, -0.15) is 0 Å². The molecule has 0 saturated carbocycles. The fourth-order valence-corrected chi connectivity index (χ4v) is 1.89. The molecular formula is C12H13NO5. The van der Waals surface area contributed by atoms with Gasteiger partial charge in [-0.25, -0.2) is 4.79 Å². The molecule has 6 nitrogen and oxygen atoms in total. The Balaban J connectivity index is 2.48. The van der Waals surface area contributed by atoms with Gasteiger partial charge in [-0.05, 0) is 12.1 Å². The summed E-state index contributed by atoms with van der Waals surface area (Å²) in [6.07, 6.45) is -0.797. The number of carbonyl (C=O) groups is 2. The second kappa shape index (κ2) is 4.66. The van der Waals surface area contributed by atoms with Crippen molar-refractivity contribution in [1.29, 1.82) is 0 Å². The summed E-state index contributed by atoms with van der Waals surface area (Å²) in [6.45, 7) is 1.38. The minimum absolute atomic E-state index is 0.218. The Morgan fingerprint density at radius 1 is 1.50 bits per heavy atom. The van der Waals surface area contributed by atoms with Crippen molar-refractivity contribution in [2.75, 3.05) is 12.4 Å². The van der Waals surface area contributed by atoms with Gasteiger partial charge in [-0.1, -0.05) is 0 Å². The van der Waals surface area contributed by atoms with Gasteiger partial charge >= 0.3 is 5.97 Å². The van der Waals surface area contributed by atoms with Gasteiger partial charge in [0.15, 0.2) is 0 Å². The van der Waals surface area contributed by atoms with Crippen LogP contribution in [0.2, 0.25) is 0 Å². The van der Waals surface area contributed by atoms with E-state index in [-0.39, 0.29) is 23.6 Å². The highest BCUT2D eigenvalue weighted by Gasteiger charge is 2.29. The van der Waals surface area contributed by atoms with Crippen LogP contribution in [-0.4, -0.2) is 30.4 Å². The predicted octanol–water partition coefficient (Wildman–Crippen LogP) is 0.685. The van der Waals surface area contributed by atoms with E-state index in [1.54, 1.807) is 6.07 Å². The standard InChI is InChI=1S/C12H13NO5/c1-6(14)13-9-4-3-7(12(16)17-2)11-8(9)5-10(15)18-11/h3-4,10,15H,5H2,1-2H3,(H,13,14). The number of amides is 1. The normalized spacial score (nSPS) is 16.7. The Labute approximate surface area is 104 Å². The molecule has 1 aromatic rings. The van der Waals surface area contributed by atoms with E-state index in [4.69, 9.17) is 4.74 Å². The number of nitrogens with one attached hydrogen (secondary N) is 1. The van der Waals surface area contributed by atoms with E-state index in [1.807, 2.05) is 0 Å². The zero-order valence-electron chi connectivity index (χ0n) is 10.0. The minimum atomic E-state index is -1.02. The molecule has 1 unspecified atom stereocenters. The third kappa shape index (κ3) is 2.14. The summed E-state index contributed by atoms with van der Waals surface area (Å²) >= 11 is 0. The lowest BCUT2D eigenvalue weighted by molar-refractivity contribution is -0.114. The highest BCUT2D eigenvalue weighted by Crippen LogP contribution is 2.37. The second-order valence-electron chi connectivity index (χ2n) is 3.92. The van der Waals surface area contributed by atoms with Crippen molar-refractivity contribution in [3.05, 3.63) is 23.3 Å². The van der Waals surface area contributed by atoms with Crippen molar-refractivity contribution in [2.24, 2.45) is 0 Å². The van der Waals surface area contributed by atoms with Gasteiger partial charge in [0, 0.05) is 24.6 Å². The number of hydrogen-bond acceptors (Lipinski definition) is 5. The van der Waals surface area contributed by atoms with E-state index < -0.39 is 12.3 Å². The number of aliphatic hydroxyl groups excluding tert-OH is 1. The van der Waals surface area contributed by atoms with Crippen molar-refractivity contribution in [1.82, 2.24) is 0 Å². The Morgan fingerprint density at radius 3 is 2.83 bits per heavy atom. The molecule has 96 valence electrons. The van der Waals surface area contributed by atoms with E-state index in [9.17, 15) is 14.7 Å². The van der Waals surface area contributed by atoms with E-state index in [1.165, 1.54) is 20.1 Å². The number of esters is 1. The van der Waals surface area contributed by atoms with E-state index >= 15 is 0 Å². The molecule has 0 radical (unpaired) electrons. The van der Waals surface area contributed by atoms with Crippen LogP contribution in [0.5, 0.6) is 5.75 Å². The number of hydrogen-bond donors (Lipinski definition) is 2. The van der Waals surface area contributed by atoms with Crippen molar-refractivity contribution in [3.8, 4) is 5.75 Å². The first-order chi connectivity index (χ1) is 8.52. The molecule has 0 aliphatic carbocycles. The summed E-state index contributed by atoms with van der Waals surface area (Å²) in [7, 11) is 1.27. The molecule has 1 aliphatic rings. The van der Waals surface area contributed by atoms with Crippen LogP contribution in [0.15, 0.2) is 12.1 Å². The van der Waals surface area contributed by atoms with Gasteiger partial charge < -0.3 is 19.9 Å². The Bertz CT molecular complexity index is 511. The topological polar surface area (TPSA) is 84.9 Å². The van der Waals surface area contributed by atoms with Gasteiger partial charge in [0.2, 0.25) is 12.2 Å². The maximum atomic E-state index is 11.5. The Kier molecular flexibility index (Phi) is 3.20. The third-order valence-electron chi connectivity index (χ3n) is 2.61. The fourth-order valence-electron chi connectivity index (χ4n) is 1.89. The zero-order valence-corrected chi connectivity index (χ0v) is 10.0. The third-order valence-corrected chi connectivity index (χ3v) is 2.61. The summed E-state index contributed by atoms with van der Waals surface area (Å²) in [5, 5.41) is 12.1. The molecule has 0 aromatic heterocycles. The van der Waals surface area contributed by atoms with Crippen LogP contribution in [0.4, 0.5) is 5.69 Å². The number of aliphatic hydroxyl groups is 1. The molecule has 1 atom stereocenters. The van der Waals surface area contributed by atoms with Gasteiger partial charge in [0.1, 0.15) is 11.3 Å². The van der Waals surface area contributed by atoms with Gasteiger partial charge in [0.25, 0.3) is 0 Å². The molecule has 0 bridgehead atoms. The van der Waals surface area contributed by atoms with Gasteiger partial charge in [0.05, 0.1) is 7.11 Å². The predicted molar refractivity (Wildman–Crippen MR) is 62.4 cm³/mol. The monoisotopic (exact) mass is 251 g/mol. The molecule has 2 rings (SSSR count). The summed E-state index contributed by atoms with van der Waals surface area (Å²) < 4.78 is 9.82. The van der Waals surface area contributed by atoms with E-state index in [0.29, 0.717) is 11.3 Å². The number of rotatable bonds is 2. The van der Waals surface area contributed by atoms with Crippen molar-refractivity contribution in [2.45, 2.75) is 19.6 Å². The van der Waals surface area contributed by atoms with Crippen molar-refractivity contribution < 1.29 is 24.2 Å². The van der Waals surface area contributed by atoms with Crippen LogP contribution in [0, 0.1) is 0 Å². The summed E-state index contributed by atoms with van der Waals surface area (Å²) in [5.41, 5.74) is 1.36.